The molecule has 17 heavy (non-hydrogen) atoms. The van der Waals surface area contributed by atoms with E-state index >= 15 is 0 Å². The average molecular weight is 331 g/mol. The van der Waals surface area contributed by atoms with Crippen LogP contribution in [0.4, 0.5) is 0 Å². The number of halogens is 1. The molecule has 5 heteroatoms. The summed E-state index contributed by atoms with van der Waals surface area (Å²) in [6.45, 7) is 5.16. The Balaban J connectivity index is 2.15. The van der Waals surface area contributed by atoms with Crippen LogP contribution < -0.4 is 5.32 Å². The molecule has 1 unspecified atom stereocenters. The van der Waals surface area contributed by atoms with Gasteiger partial charge < -0.3 is 5.32 Å². The van der Waals surface area contributed by atoms with Crippen molar-refractivity contribution in [3.8, 4) is 0 Å². The molecule has 0 radical (unpaired) electrons. The third-order valence-electron chi connectivity index (χ3n) is 2.49. The second-order valence-electron chi connectivity index (χ2n) is 3.81. The van der Waals surface area contributed by atoms with Crippen molar-refractivity contribution in [3.63, 3.8) is 0 Å². The molecule has 92 valence electrons. The Morgan fingerprint density at radius 2 is 2.29 bits per heavy atom. The standard InChI is InChI=1S/C12H15BrN2S2/c1-3-14-11(12-10(13)4-5-16-12)6-9-7-17-8(2)15-9/h4-5,7,11,14H,3,6H2,1-2H3. The Morgan fingerprint density at radius 1 is 1.47 bits per heavy atom. The summed E-state index contributed by atoms with van der Waals surface area (Å²) in [5, 5.41) is 8.94. The number of thiophene rings is 1. The molecule has 1 atom stereocenters. The summed E-state index contributed by atoms with van der Waals surface area (Å²) < 4.78 is 1.19. The molecule has 0 aliphatic rings. The van der Waals surface area contributed by atoms with Crippen molar-refractivity contribution in [1.82, 2.24) is 10.3 Å². The molecule has 1 N–H and O–H groups in total. The number of aromatic nitrogens is 1. The molecule has 0 aliphatic heterocycles. The van der Waals surface area contributed by atoms with E-state index in [-0.39, 0.29) is 0 Å². The van der Waals surface area contributed by atoms with Crippen molar-refractivity contribution >= 4 is 38.6 Å². The van der Waals surface area contributed by atoms with Gasteiger partial charge in [-0.05, 0) is 40.8 Å². The zero-order valence-electron chi connectivity index (χ0n) is 9.87. The summed E-state index contributed by atoms with van der Waals surface area (Å²) in [6.07, 6.45) is 0.956. The van der Waals surface area contributed by atoms with Crippen LogP contribution in [-0.4, -0.2) is 11.5 Å². The summed E-state index contributed by atoms with van der Waals surface area (Å²) in [6, 6.07) is 2.47. The van der Waals surface area contributed by atoms with Gasteiger partial charge in [-0.25, -0.2) is 4.98 Å². The number of rotatable bonds is 5. The Kier molecular flexibility index (Phi) is 4.73. The highest BCUT2D eigenvalue weighted by molar-refractivity contribution is 9.10. The van der Waals surface area contributed by atoms with E-state index in [0.29, 0.717) is 6.04 Å². The van der Waals surface area contributed by atoms with Crippen molar-refractivity contribution in [1.29, 1.82) is 0 Å². The van der Waals surface area contributed by atoms with Gasteiger partial charge in [-0.2, -0.15) is 0 Å². The number of hydrogen-bond acceptors (Lipinski definition) is 4. The van der Waals surface area contributed by atoms with Gasteiger partial charge >= 0.3 is 0 Å². The van der Waals surface area contributed by atoms with Crippen LogP contribution in [0.3, 0.4) is 0 Å². The predicted molar refractivity (Wildman–Crippen MR) is 79.0 cm³/mol. The van der Waals surface area contributed by atoms with Crippen LogP contribution in [0.5, 0.6) is 0 Å². The molecule has 0 spiro atoms. The van der Waals surface area contributed by atoms with Crippen LogP contribution in [0.2, 0.25) is 0 Å². The maximum Gasteiger partial charge on any atom is 0.0897 e. The highest BCUT2D eigenvalue weighted by atomic mass is 79.9. The Labute approximate surface area is 118 Å². The summed E-state index contributed by atoms with van der Waals surface area (Å²) in [5.41, 5.74) is 1.18. The first-order valence-electron chi connectivity index (χ1n) is 5.58. The number of hydrogen-bond donors (Lipinski definition) is 1. The molecule has 0 amide bonds. The second kappa shape index (κ2) is 6.09. The van der Waals surface area contributed by atoms with Gasteiger partial charge in [0.25, 0.3) is 0 Å². The van der Waals surface area contributed by atoms with Crippen molar-refractivity contribution in [3.05, 3.63) is 36.9 Å². The van der Waals surface area contributed by atoms with Gasteiger partial charge in [0.05, 0.1) is 10.7 Å². The van der Waals surface area contributed by atoms with Crippen molar-refractivity contribution < 1.29 is 0 Å². The topological polar surface area (TPSA) is 24.9 Å². The molecule has 0 aliphatic carbocycles. The fourth-order valence-corrected chi connectivity index (χ4v) is 4.12. The first-order valence-corrected chi connectivity index (χ1v) is 8.13. The van der Waals surface area contributed by atoms with Gasteiger partial charge in [0.2, 0.25) is 0 Å². The normalized spacial score (nSPS) is 12.9. The maximum atomic E-state index is 4.54. The Bertz CT molecular complexity index is 478. The molecule has 2 nitrogen and oxygen atoms in total. The molecule has 0 aromatic carbocycles. The van der Waals surface area contributed by atoms with Crippen molar-refractivity contribution in [2.24, 2.45) is 0 Å². The number of nitrogens with one attached hydrogen (secondary N) is 1. The van der Waals surface area contributed by atoms with E-state index in [1.54, 1.807) is 22.7 Å². The van der Waals surface area contributed by atoms with Crippen molar-refractivity contribution in [2.75, 3.05) is 6.54 Å². The minimum absolute atomic E-state index is 0.357. The Morgan fingerprint density at radius 3 is 2.82 bits per heavy atom. The fourth-order valence-electron chi connectivity index (χ4n) is 1.77. The van der Waals surface area contributed by atoms with E-state index in [0.717, 1.165) is 18.0 Å². The van der Waals surface area contributed by atoms with Gasteiger partial charge in [0, 0.05) is 27.2 Å². The van der Waals surface area contributed by atoms with Crippen LogP contribution in [0, 0.1) is 6.92 Å². The molecule has 2 heterocycles. The van der Waals surface area contributed by atoms with Gasteiger partial charge in [0.1, 0.15) is 0 Å². The summed E-state index contributed by atoms with van der Waals surface area (Å²) in [5.74, 6) is 0. The SMILES string of the molecule is CCNC(Cc1csc(C)n1)c1sccc1Br. The number of aryl methyl sites for hydroxylation is 1. The lowest BCUT2D eigenvalue weighted by molar-refractivity contribution is 0.551. The van der Waals surface area contributed by atoms with Gasteiger partial charge in [0.15, 0.2) is 0 Å². The largest absolute Gasteiger partial charge is 0.309 e. The molecule has 2 aromatic rings. The molecular weight excluding hydrogens is 316 g/mol. The highest BCUT2D eigenvalue weighted by Crippen LogP contribution is 2.31. The van der Waals surface area contributed by atoms with E-state index in [1.165, 1.54) is 15.0 Å². The van der Waals surface area contributed by atoms with E-state index in [9.17, 15) is 0 Å². The molecule has 0 saturated heterocycles. The lowest BCUT2D eigenvalue weighted by Crippen LogP contribution is -2.22. The minimum Gasteiger partial charge on any atom is -0.309 e. The van der Waals surface area contributed by atoms with Crippen LogP contribution in [-0.2, 0) is 6.42 Å². The lowest BCUT2D eigenvalue weighted by atomic mass is 10.1. The summed E-state index contributed by atoms with van der Waals surface area (Å²) in [7, 11) is 0. The van der Waals surface area contributed by atoms with E-state index in [1.807, 2.05) is 0 Å². The monoisotopic (exact) mass is 330 g/mol. The number of thiazole rings is 1. The molecule has 0 fully saturated rings. The molecule has 2 aromatic heterocycles. The van der Waals surface area contributed by atoms with E-state index in [2.05, 4.69) is 56.9 Å². The van der Waals surface area contributed by atoms with Crippen molar-refractivity contribution in [2.45, 2.75) is 26.3 Å². The second-order valence-corrected chi connectivity index (χ2v) is 6.67. The lowest BCUT2D eigenvalue weighted by Gasteiger charge is -2.16. The van der Waals surface area contributed by atoms with Gasteiger partial charge in [-0.1, -0.05) is 6.92 Å². The number of likely N-dealkylation sites (N-methyl/N-ethyl adjacent to an activating group) is 1. The first kappa shape index (κ1) is 13.2. The Hall–Kier alpha value is -0.230. The summed E-state index contributed by atoms with van der Waals surface area (Å²) >= 11 is 7.12. The van der Waals surface area contributed by atoms with Gasteiger partial charge in [-0.3, -0.25) is 0 Å². The third kappa shape index (κ3) is 3.37. The maximum absolute atomic E-state index is 4.54. The smallest absolute Gasteiger partial charge is 0.0897 e. The van der Waals surface area contributed by atoms with E-state index in [4.69, 9.17) is 0 Å². The minimum atomic E-state index is 0.357. The zero-order chi connectivity index (χ0) is 12.3. The number of nitrogens with zero attached hydrogens (tertiary/aromatic N) is 1. The van der Waals surface area contributed by atoms with Crippen LogP contribution in [0.15, 0.2) is 21.3 Å². The molecular formula is C12H15BrN2S2. The van der Waals surface area contributed by atoms with Crippen LogP contribution in [0.1, 0.15) is 28.5 Å². The summed E-state index contributed by atoms with van der Waals surface area (Å²) in [4.78, 5) is 5.90. The first-order chi connectivity index (χ1) is 8.20. The molecule has 0 saturated carbocycles. The molecule has 0 bridgehead atoms. The third-order valence-corrected chi connectivity index (χ3v) is 5.30. The zero-order valence-corrected chi connectivity index (χ0v) is 13.1. The molecule has 2 rings (SSSR count). The fraction of sp³-hybridized carbons (Fsp3) is 0.417. The van der Waals surface area contributed by atoms with Gasteiger partial charge in [-0.15, -0.1) is 22.7 Å². The van der Waals surface area contributed by atoms with Crippen LogP contribution >= 0.6 is 38.6 Å². The quantitative estimate of drug-likeness (QED) is 0.889. The van der Waals surface area contributed by atoms with Crippen LogP contribution in [0.25, 0.3) is 0 Å². The van der Waals surface area contributed by atoms with E-state index < -0.39 is 0 Å². The predicted octanol–water partition coefficient (Wildman–Crippen LogP) is 4.17. The highest BCUT2D eigenvalue weighted by Gasteiger charge is 2.16. The average Bonchev–Trinajstić information content (AvgIpc) is 2.87.